The summed E-state index contributed by atoms with van der Waals surface area (Å²) in [5.74, 6) is -6.24. The van der Waals surface area contributed by atoms with Gasteiger partial charge >= 0.3 is 41.8 Å². The minimum atomic E-state index is -1.88. The van der Waals surface area contributed by atoms with Gasteiger partial charge in [-0.2, -0.15) is 0 Å². The van der Waals surface area contributed by atoms with Gasteiger partial charge in [-0.25, -0.2) is 0 Å². The Morgan fingerprint density at radius 3 is 1.34 bits per heavy atom. The van der Waals surface area contributed by atoms with Crippen molar-refractivity contribution in [3.05, 3.63) is 34.4 Å². The molecule has 0 spiro atoms. The zero-order valence-electron chi connectivity index (χ0n) is 29.6. The predicted octanol–water partition coefficient (Wildman–Crippen LogP) is 0.593. The molecule has 21 heteroatoms. The van der Waals surface area contributed by atoms with Crippen molar-refractivity contribution in [2.75, 3.05) is 13.2 Å². The Balaban J connectivity index is 2.21. The van der Waals surface area contributed by atoms with Gasteiger partial charge in [-0.05, 0) is 12.1 Å². The summed E-state index contributed by atoms with van der Waals surface area (Å²) < 4.78 is 61.9. The molecular formula is C32H39NO20. The molecule has 53 heavy (non-hydrogen) atoms. The quantitative estimate of drug-likeness (QED) is 0.109. The van der Waals surface area contributed by atoms with Crippen LogP contribution in [0.3, 0.4) is 0 Å². The second kappa shape index (κ2) is 18.9. The summed E-state index contributed by atoms with van der Waals surface area (Å²) in [5.41, 5.74) is -0.286. The Bertz CT molecular complexity index is 1530. The average molecular weight is 758 g/mol. The van der Waals surface area contributed by atoms with Crippen LogP contribution in [0, 0.1) is 10.1 Å². The third kappa shape index (κ3) is 12.4. The van der Waals surface area contributed by atoms with Crippen LogP contribution in [0.2, 0.25) is 0 Å². The lowest BCUT2D eigenvalue weighted by molar-refractivity contribution is -0.384. The van der Waals surface area contributed by atoms with E-state index in [9.17, 15) is 43.7 Å². The van der Waals surface area contributed by atoms with Gasteiger partial charge in [0, 0.05) is 60.6 Å². The zero-order chi connectivity index (χ0) is 39.6. The van der Waals surface area contributed by atoms with E-state index in [2.05, 4.69) is 0 Å². The van der Waals surface area contributed by atoms with Crippen molar-refractivity contribution in [3.63, 3.8) is 0 Å². The van der Waals surface area contributed by atoms with Gasteiger partial charge in [0.2, 0.25) is 6.29 Å². The first-order valence-corrected chi connectivity index (χ1v) is 15.9. The number of nitro groups is 1. The lowest BCUT2D eigenvalue weighted by Crippen LogP contribution is -2.67. The zero-order valence-corrected chi connectivity index (χ0v) is 29.6. The molecule has 1 aromatic carbocycles. The lowest BCUT2D eigenvalue weighted by atomic mass is 9.96. The lowest BCUT2D eigenvalue weighted by Gasteiger charge is -2.48. The SMILES string of the molecule is CC(=O)OC[C@H]1O[C@@H](O[C@@H]2[C@@H](OC(C)=O)[C@H](Oc3ccc([N+](=O)[O-])cc3)O[C@H](COC(C)=O)[C@H]2OC(C)=O)[C@H](OC(C)=O)[C@@H](OC(C)=O)[C@@H]1OC(C)=O. The van der Waals surface area contributed by atoms with E-state index >= 15 is 0 Å². The van der Waals surface area contributed by atoms with Gasteiger partial charge in [-0.3, -0.25) is 43.7 Å². The van der Waals surface area contributed by atoms with E-state index in [0.717, 1.165) is 60.6 Å². The number of carbonyl (C=O) groups is 7. The summed E-state index contributed by atoms with van der Waals surface area (Å²) in [5, 5.41) is 11.2. The molecule has 21 nitrogen and oxygen atoms in total. The molecule has 1 aromatic rings. The number of carbonyl (C=O) groups excluding carboxylic acids is 7. The van der Waals surface area contributed by atoms with Crippen LogP contribution in [0.25, 0.3) is 0 Å². The number of benzene rings is 1. The number of ether oxygens (including phenoxy) is 11. The summed E-state index contributed by atoms with van der Waals surface area (Å²) in [6.07, 6.45) is -16.6. The van der Waals surface area contributed by atoms with Crippen LogP contribution in [0.5, 0.6) is 5.75 Å². The molecule has 2 fully saturated rings. The van der Waals surface area contributed by atoms with E-state index in [-0.39, 0.29) is 11.4 Å². The maximum absolute atomic E-state index is 12.5. The van der Waals surface area contributed by atoms with Gasteiger partial charge in [-0.1, -0.05) is 0 Å². The van der Waals surface area contributed by atoms with Crippen molar-refractivity contribution in [1.29, 1.82) is 0 Å². The molecule has 2 heterocycles. The standard InChI is InChI=1S/C32H39NO20/c1-14(34)43-12-23-25(45-16(3)36)27(47-18(5)38)29(48-19(6)39)32(52-23)53-28-26(46-17(4)37)24(13-44-15(2)35)51-31(30(28)49-20(7)40)50-22-10-8-21(9-11-22)33(41)42/h8-11,23-32H,12-13H2,1-7H3/t23-,24-,25-,26-,27+,28+,29-,30-,31-,32+/m1/s1. The van der Waals surface area contributed by atoms with Gasteiger partial charge in [0.15, 0.2) is 36.8 Å². The largest absolute Gasteiger partial charge is 0.463 e. The summed E-state index contributed by atoms with van der Waals surface area (Å²) in [6.45, 7) is 6.01. The monoisotopic (exact) mass is 757 g/mol. The van der Waals surface area contributed by atoms with E-state index in [1.54, 1.807) is 0 Å². The van der Waals surface area contributed by atoms with E-state index < -0.39 is 121 Å². The molecular weight excluding hydrogens is 718 g/mol. The molecule has 0 unspecified atom stereocenters. The van der Waals surface area contributed by atoms with E-state index in [0.29, 0.717) is 0 Å². The van der Waals surface area contributed by atoms with Crippen molar-refractivity contribution in [3.8, 4) is 5.75 Å². The second-order valence-corrected chi connectivity index (χ2v) is 11.5. The molecule has 2 aliphatic heterocycles. The minimum Gasteiger partial charge on any atom is -0.463 e. The number of hydrogen-bond acceptors (Lipinski definition) is 20. The molecule has 0 N–H and O–H groups in total. The summed E-state index contributed by atoms with van der Waals surface area (Å²) in [6, 6.07) is 4.65. The number of non-ortho nitro benzene ring substituents is 1. The van der Waals surface area contributed by atoms with Crippen LogP contribution in [0.15, 0.2) is 24.3 Å². The molecule has 2 saturated heterocycles. The molecule has 3 rings (SSSR count). The van der Waals surface area contributed by atoms with E-state index in [1.807, 2.05) is 0 Å². The van der Waals surface area contributed by atoms with Crippen molar-refractivity contribution >= 4 is 47.5 Å². The Morgan fingerprint density at radius 2 is 0.925 bits per heavy atom. The molecule has 292 valence electrons. The number of nitrogens with zero attached hydrogens (tertiary/aromatic N) is 1. The first-order valence-electron chi connectivity index (χ1n) is 15.9. The van der Waals surface area contributed by atoms with Crippen molar-refractivity contribution in [2.24, 2.45) is 0 Å². The van der Waals surface area contributed by atoms with Gasteiger partial charge < -0.3 is 52.1 Å². The first kappa shape index (κ1) is 42.0. The fraction of sp³-hybridized carbons (Fsp3) is 0.594. The average Bonchev–Trinajstić information content (AvgIpc) is 3.03. The van der Waals surface area contributed by atoms with Gasteiger partial charge in [-0.15, -0.1) is 0 Å². The maximum atomic E-state index is 12.5. The van der Waals surface area contributed by atoms with Crippen molar-refractivity contribution in [1.82, 2.24) is 0 Å². The predicted molar refractivity (Wildman–Crippen MR) is 167 cm³/mol. The van der Waals surface area contributed by atoms with Crippen LogP contribution >= 0.6 is 0 Å². The number of esters is 7. The van der Waals surface area contributed by atoms with Gasteiger partial charge in [0.25, 0.3) is 5.69 Å². The topological polar surface area (TPSA) is 264 Å². The van der Waals surface area contributed by atoms with Crippen molar-refractivity contribution in [2.45, 2.75) is 110 Å². The van der Waals surface area contributed by atoms with E-state index in [1.165, 1.54) is 12.1 Å². The Morgan fingerprint density at radius 1 is 0.547 bits per heavy atom. The van der Waals surface area contributed by atoms with Crippen LogP contribution in [-0.4, -0.2) is 121 Å². The highest BCUT2D eigenvalue weighted by atomic mass is 16.8. The molecule has 2 aliphatic rings. The Kier molecular flexibility index (Phi) is 15.0. The van der Waals surface area contributed by atoms with Crippen molar-refractivity contribution < 1.29 is 90.6 Å². The molecule has 0 bridgehead atoms. The Labute approximate surface area is 301 Å². The van der Waals surface area contributed by atoms with Crippen LogP contribution in [0.4, 0.5) is 5.69 Å². The Hall–Kier alpha value is -5.41. The van der Waals surface area contributed by atoms with Crippen LogP contribution in [-0.2, 0) is 80.9 Å². The normalized spacial score (nSPS) is 27.9. The summed E-state index contributed by atoms with van der Waals surface area (Å²) in [7, 11) is 0. The fourth-order valence-electron chi connectivity index (χ4n) is 5.35. The van der Waals surface area contributed by atoms with Crippen LogP contribution in [0.1, 0.15) is 48.5 Å². The third-order valence-corrected chi connectivity index (χ3v) is 7.19. The fourth-order valence-corrected chi connectivity index (χ4v) is 5.35. The highest BCUT2D eigenvalue weighted by molar-refractivity contribution is 5.69. The molecule has 0 saturated carbocycles. The molecule has 0 aliphatic carbocycles. The highest BCUT2D eigenvalue weighted by Crippen LogP contribution is 2.36. The first-order chi connectivity index (χ1) is 24.9. The molecule has 0 radical (unpaired) electrons. The second-order valence-electron chi connectivity index (χ2n) is 11.5. The minimum absolute atomic E-state index is 0.0408. The number of hydrogen-bond donors (Lipinski definition) is 0. The molecule has 10 atom stereocenters. The van der Waals surface area contributed by atoms with Gasteiger partial charge in [0.1, 0.15) is 37.3 Å². The summed E-state index contributed by atoms with van der Waals surface area (Å²) in [4.78, 5) is 96.1. The maximum Gasteiger partial charge on any atom is 0.303 e. The van der Waals surface area contributed by atoms with E-state index in [4.69, 9.17) is 52.1 Å². The third-order valence-electron chi connectivity index (χ3n) is 7.19. The summed E-state index contributed by atoms with van der Waals surface area (Å²) >= 11 is 0. The smallest absolute Gasteiger partial charge is 0.303 e. The number of rotatable bonds is 14. The van der Waals surface area contributed by atoms with Gasteiger partial charge in [0.05, 0.1) is 4.92 Å². The number of nitro benzene ring substituents is 1. The highest BCUT2D eigenvalue weighted by Gasteiger charge is 2.58. The molecule has 0 amide bonds. The van der Waals surface area contributed by atoms with Crippen LogP contribution < -0.4 is 4.74 Å². The molecule has 0 aromatic heterocycles.